The zero-order chi connectivity index (χ0) is 12.3. The summed E-state index contributed by atoms with van der Waals surface area (Å²) in [6.07, 6.45) is 4.97. The van der Waals surface area contributed by atoms with Gasteiger partial charge in [-0.1, -0.05) is 13.3 Å². The molecule has 0 aliphatic carbocycles. The second-order valence-corrected chi connectivity index (χ2v) is 5.12. The van der Waals surface area contributed by atoms with Crippen LogP contribution in [0, 0.1) is 0 Å². The number of aryl methyl sites for hydroxylation is 1. The van der Waals surface area contributed by atoms with E-state index in [2.05, 4.69) is 49.3 Å². The maximum atomic E-state index is 3.46. The molecule has 2 nitrogen and oxygen atoms in total. The minimum Gasteiger partial charge on any atom is -0.385 e. The number of nitrogens with one attached hydrogen (secondary N) is 1. The first-order chi connectivity index (χ1) is 8.22. The lowest BCUT2D eigenvalue weighted by Crippen LogP contribution is -2.28. The maximum Gasteiger partial charge on any atom is 0.0374 e. The van der Waals surface area contributed by atoms with Gasteiger partial charge in [-0.2, -0.15) is 0 Å². The SMILES string of the molecule is CCCC(C)N(C)c1ccc2c(c1)CCCN2. The Bertz CT molecular complexity index is 373. The first kappa shape index (κ1) is 12.3. The van der Waals surface area contributed by atoms with Crippen LogP contribution in [0.1, 0.15) is 38.7 Å². The van der Waals surface area contributed by atoms with Crippen LogP contribution in [0.2, 0.25) is 0 Å². The van der Waals surface area contributed by atoms with Crippen molar-refractivity contribution in [2.24, 2.45) is 0 Å². The number of fused-ring (bicyclic) bond motifs is 1. The van der Waals surface area contributed by atoms with Crippen LogP contribution in [0.5, 0.6) is 0 Å². The van der Waals surface area contributed by atoms with E-state index in [1.165, 1.54) is 42.6 Å². The van der Waals surface area contributed by atoms with Gasteiger partial charge in [0.2, 0.25) is 0 Å². The Kier molecular flexibility index (Phi) is 3.93. The summed E-state index contributed by atoms with van der Waals surface area (Å²) in [5.74, 6) is 0. The Balaban J connectivity index is 2.15. The second kappa shape index (κ2) is 5.44. The van der Waals surface area contributed by atoms with Crippen molar-refractivity contribution < 1.29 is 0 Å². The van der Waals surface area contributed by atoms with Crippen LogP contribution in [-0.2, 0) is 6.42 Å². The number of nitrogens with zero attached hydrogens (tertiary/aromatic N) is 1. The molecule has 1 aromatic rings. The minimum absolute atomic E-state index is 0.620. The Morgan fingerprint density at radius 3 is 3.00 bits per heavy atom. The second-order valence-electron chi connectivity index (χ2n) is 5.12. The Labute approximate surface area is 105 Å². The molecule has 1 N–H and O–H groups in total. The van der Waals surface area contributed by atoms with Crippen molar-refractivity contribution in [3.05, 3.63) is 23.8 Å². The van der Waals surface area contributed by atoms with E-state index >= 15 is 0 Å². The maximum absolute atomic E-state index is 3.46. The fourth-order valence-corrected chi connectivity index (χ4v) is 2.55. The lowest BCUT2D eigenvalue weighted by molar-refractivity contribution is 0.616. The summed E-state index contributed by atoms with van der Waals surface area (Å²) in [7, 11) is 2.21. The van der Waals surface area contributed by atoms with Gasteiger partial charge in [-0.25, -0.2) is 0 Å². The quantitative estimate of drug-likeness (QED) is 0.852. The molecular formula is C15H24N2. The molecule has 0 amide bonds. The molecule has 0 saturated carbocycles. The van der Waals surface area contributed by atoms with Gasteiger partial charge < -0.3 is 10.2 Å². The summed E-state index contributed by atoms with van der Waals surface area (Å²) in [5.41, 5.74) is 4.16. The molecule has 1 atom stereocenters. The number of rotatable bonds is 4. The smallest absolute Gasteiger partial charge is 0.0374 e. The molecule has 1 aromatic carbocycles. The van der Waals surface area contributed by atoms with Gasteiger partial charge in [0.1, 0.15) is 0 Å². The normalized spacial score (nSPS) is 15.9. The Morgan fingerprint density at radius 1 is 1.41 bits per heavy atom. The molecular weight excluding hydrogens is 208 g/mol. The van der Waals surface area contributed by atoms with Crippen molar-refractivity contribution in [2.75, 3.05) is 23.8 Å². The number of benzene rings is 1. The Morgan fingerprint density at radius 2 is 2.24 bits per heavy atom. The van der Waals surface area contributed by atoms with Crippen molar-refractivity contribution in [1.29, 1.82) is 0 Å². The largest absolute Gasteiger partial charge is 0.385 e. The van der Waals surface area contributed by atoms with Gasteiger partial charge in [0.05, 0.1) is 0 Å². The summed E-state index contributed by atoms with van der Waals surface area (Å²) >= 11 is 0. The van der Waals surface area contributed by atoms with Crippen LogP contribution >= 0.6 is 0 Å². The van der Waals surface area contributed by atoms with Crippen LogP contribution in [-0.4, -0.2) is 19.6 Å². The van der Waals surface area contributed by atoms with E-state index in [4.69, 9.17) is 0 Å². The third-order valence-electron chi connectivity index (χ3n) is 3.80. The van der Waals surface area contributed by atoms with Gasteiger partial charge in [-0.3, -0.25) is 0 Å². The number of anilines is 2. The first-order valence-corrected chi connectivity index (χ1v) is 6.82. The average molecular weight is 232 g/mol. The molecule has 1 unspecified atom stereocenters. The van der Waals surface area contributed by atoms with Gasteiger partial charge in [0.15, 0.2) is 0 Å². The van der Waals surface area contributed by atoms with E-state index in [9.17, 15) is 0 Å². The van der Waals surface area contributed by atoms with Crippen molar-refractivity contribution in [1.82, 2.24) is 0 Å². The molecule has 17 heavy (non-hydrogen) atoms. The molecule has 94 valence electrons. The third-order valence-corrected chi connectivity index (χ3v) is 3.80. The molecule has 0 saturated heterocycles. The average Bonchev–Trinajstić information content (AvgIpc) is 2.37. The fourth-order valence-electron chi connectivity index (χ4n) is 2.55. The zero-order valence-electron chi connectivity index (χ0n) is 11.3. The highest BCUT2D eigenvalue weighted by Crippen LogP contribution is 2.27. The molecule has 2 rings (SSSR count). The van der Waals surface area contributed by atoms with Crippen LogP contribution in [0.15, 0.2) is 18.2 Å². The van der Waals surface area contributed by atoms with E-state index in [-0.39, 0.29) is 0 Å². The van der Waals surface area contributed by atoms with Gasteiger partial charge in [-0.15, -0.1) is 0 Å². The summed E-state index contributed by atoms with van der Waals surface area (Å²) < 4.78 is 0. The number of hydrogen-bond donors (Lipinski definition) is 1. The molecule has 1 aliphatic heterocycles. The zero-order valence-corrected chi connectivity index (χ0v) is 11.3. The van der Waals surface area contributed by atoms with Gasteiger partial charge in [0, 0.05) is 31.0 Å². The van der Waals surface area contributed by atoms with E-state index in [1.54, 1.807) is 0 Å². The Hall–Kier alpha value is -1.18. The van der Waals surface area contributed by atoms with Crippen molar-refractivity contribution in [3.8, 4) is 0 Å². The monoisotopic (exact) mass is 232 g/mol. The molecule has 0 bridgehead atoms. The topological polar surface area (TPSA) is 15.3 Å². The van der Waals surface area contributed by atoms with Crippen molar-refractivity contribution >= 4 is 11.4 Å². The molecule has 0 aromatic heterocycles. The van der Waals surface area contributed by atoms with Crippen molar-refractivity contribution in [3.63, 3.8) is 0 Å². The van der Waals surface area contributed by atoms with E-state index in [1.807, 2.05) is 0 Å². The van der Waals surface area contributed by atoms with Gasteiger partial charge in [0.25, 0.3) is 0 Å². The molecule has 1 aliphatic rings. The van der Waals surface area contributed by atoms with Crippen LogP contribution in [0.25, 0.3) is 0 Å². The third kappa shape index (κ3) is 2.74. The van der Waals surface area contributed by atoms with Crippen LogP contribution in [0.3, 0.4) is 0 Å². The standard InChI is InChI=1S/C15H24N2/c1-4-6-12(2)17(3)14-8-9-15-13(11-14)7-5-10-16-15/h8-9,11-12,16H,4-7,10H2,1-3H3. The number of hydrogen-bond acceptors (Lipinski definition) is 2. The first-order valence-electron chi connectivity index (χ1n) is 6.82. The van der Waals surface area contributed by atoms with E-state index < -0.39 is 0 Å². The summed E-state index contributed by atoms with van der Waals surface area (Å²) in [6, 6.07) is 7.45. The lowest BCUT2D eigenvalue weighted by atomic mass is 10.0. The fraction of sp³-hybridized carbons (Fsp3) is 0.600. The van der Waals surface area contributed by atoms with Crippen LogP contribution in [0.4, 0.5) is 11.4 Å². The highest BCUT2D eigenvalue weighted by Gasteiger charge is 2.13. The van der Waals surface area contributed by atoms with E-state index in [0.717, 1.165) is 6.54 Å². The summed E-state index contributed by atoms with van der Waals surface area (Å²) in [6.45, 7) is 5.68. The molecule has 0 radical (unpaired) electrons. The highest BCUT2D eigenvalue weighted by atomic mass is 15.1. The van der Waals surface area contributed by atoms with E-state index in [0.29, 0.717) is 6.04 Å². The molecule has 2 heteroatoms. The minimum atomic E-state index is 0.620. The van der Waals surface area contributed by atoms with Gasteiger partial charge in [-0.05, 0) is 49.9 Å². The molecule has 1 heterocycles. The summed E-state index contributed by atoms with van der Waals surface area (Å²) in [4.78, 5) is 2.40. The predicted octanol–water partition coefficient (Wildman–Crippen LogP) is 3.67. The van der Waals surface area contributed by atoms with Crippen molar-refractivity contribution in [2.45, 2.75) is 45.6 Å². The molecule has 0 fully saturated rings. The van der Waals surface area contributed by atoms with Gasteiger partial charge >= 0.3 is 0 Å². The predicted molar refractivity (Wildman–Crippen MR) is 76.0 cm³/mol. The lowest BCUT2D eigenvalue weighted by Gasteiger charge is -2.28. The summed E-state index contributed by atoms with van der Waals surface area (Å²) in [5, 5.41) is 3.46. The molecule has 0 spiro atoms. The highest BCUT2D eigenvalue weighted by molar-refractivity contribution is 5.61. The van der Waals surface area contributed by atoms with Crippen LogP contribution < -0.4 is 10.2 Å².